The molecule has 18 heavy (non-hydrogen) atoms. The van der Waals surface area contributed by atoms with Gasteiger partial charge in [-0.3, -0.25) is 0 Å². The Balaban J connectivity index is 2.35. The number of ether oxygens (including phenoxy) is 1. The standard InChI is InChI=1S/C14H14O4/c1-9(2)5-6-17-10-7-12(15)11-3-4-14(16)18-13(11)8-10/h3-5,7-8,15H,6H2,1-2H3. The molecule has 1 aromatic carbocycles. The monoisotopic (exact) mass is 246 g/mol. The molecule has 0 fully saturated rings. The van der Waals surface area contributed by atoms with Crippen molar-refractivity contribution in [3.8, 4) is 11.5 Å². The Morgan fingerprint density at radius 2 is 2.17 bits per heavy atom. The predicted molar refractivity (Wildman–Crippen MR) is 69.1 cm³/mol. The van der Waals surface area contributed by atoms with Gasteiger partial charge in [-0.25, -0.2) is 4.79 Å². The third-order valence-corrected chi connectivity index (χ3v) is 2.43. The first-order valence-electron chi connectivity index (χ1n) is 5.59. The summed E-state index contributed by atoms with van der Waals surface area (Å²) in [6.07, 6.45) is 1.92. The number of phenolic OH excluding ortho intramolecular Hbond substituents is 1. The van der Waals surface area contributed by atoms with Crippen LogP contribution >= 0.6 is 0 Å². The Bertz CT molecular complexity index is 648. The molecule has 1 aromatic heterocycles. The molecule has 0 saturated carbocycles. The van der Waals surface area contributed by atoms with E-state index in [0.717, 1.165) is 5.57 Å². The first-order chi connectivity index (χ1) is 8.56. The second kappa shape index (κ2) is 4.96. The van der Waals surface area contributed by atoms with E-state index in [2.05, 4.69) is 0 Å². The summed E-state index contributed by atoms with van der Waals surface area (Å²) in [6, 6.07) is 5.89. The highest BCUT2D eigenvalue weighted by Gasteiger charge is 2.06. The largest absolute Gasteiger partial charge is 0.507 e. The summed E-state index contributed by atoms with van der Waals surface area (Å²) in [5.74, 6) is 0.496. The van der Waals surface area contributed by atoms with Crippen LogP contribution in [0.5, 0.6) is 11.5 Å². The summed E-state index contributed by atoms with van der Waals surface area (Å²) in [6.45, 7) is 4.35. The minimum absolute atomic E-state index is 0.0310. The number of hydrogen-bond acceptors (Lipinski definition) is 4. The molecule has 0 saturated heterocycles. The molecule has 0 unspecified atom stereocenters. The molecule has 2 aromatic rings. The minimum atomic E-state index is -0.455. The van der Waals surface area contributed by atoms with Crippen molar-refractivity contribution in [2.75, 3.05) is 6.61 Å². The Kier molecular flexibility index (Phi) is 3.37. The Morgan fingerprint density at radius 1 is 1.39 bits per heavy atom. The molecule has 4 heteroatoms. The molecule has 0 aliphatic carbocycles. The molecular formula is C14H14O4. The highest BCUT2D eigenvalue weighted by Crippen LogP contribution is 2.29. The summed E-state index contributed by atoms with van der Waals surface area (Å²) in [4.78, 5) is 11.1. The maximum Gasteiger partial charge on any atom is 0.336 e. The van der Waals surface area contributed by atoms with Crippen LogP contribution < -0.4 is 10.4 Å². The minimum Gasteiger partial charge on any atom is -0.507 e. The predicted octanol–water partition coefficient (Wildman–Crippen LogP) is 2.84. The zero-order valence-corrected chi connectivity index (χ0v) is 10.3. The maximum absolute atomic E-state index is 11.1. The smallest absolute Gasteiger partial charge is 0.336 e. The van der Waals surface area contributed by atoms with E-state index in [1.54, 1.807) is 6.07 Å². The summed E-state index contributed by atoms with van der Waals surface area (Å²) < 4.78 is 10.4. The molecule has 0 aliphatic rings. The molecule has 1 heterocycles. The van der Waals surface area contributed by atoms with E-state index in [4.69, 9.17) is 9.15 Å². The van der Waals surface area contributed by atoms with Crippen molar-refractivity contribution in [1.82, 2.24) is 0 Å². The van der Waals surface area contributed by atoms with Gasteiger partial charge in [0.25, 0.3) is 0 Å². The van der Waals surface area contributed by atoms with E-state index in [1.165, 1.54) is 18.2 Å². The van der Waals surface area contributed by atoms with Gasteiger partial charge in [-0.1, -0.05) is 5.57 Å². The maximum atomic E-state index is 11.1. The van der Waals surface area contributed by atoms with Crippen LogP contribution in [0.1, 0.15) is 13.8 Å². The fourth-order valence-corrected chi connectivity index (χ4v) is 1.52. The van der Waals surface area contributed by atoms with Crippen LogP contribution in [-0.4, -0.2) is 11.7 Å². The van der Waals surface area contributed by atoms with Crippen molar-refractivity contribution >= 4 is 11.0 Å². The molecule has 1 N–H and O–H groups in total. The first-order valence-corrected chi connectivity index (χ1v) is 5.59. The zero-order chi connectivity index (χ0) is 13.1. The molecule has 0 amide bonds. The Morgan fingerprint density at radius 3 is 2.89 bits per heavy atom. The van der Waals surface area contributed by atoms with Gasteiger partial charge < -0.3 is 14.3 Å². The number of benzene rings is 1. The zero-order valence-electron chi connectivity index (χ0n) is 10.3. The lowest BCUT2D eigenvalue weighted by Gasteiger charge is -2.06. The van der Waals surface area contributed by atoms with Crippen LogP contribution in [0.15, 0.2) is 45.1 Å². The van der Waals surface area contributed by atoms with Gasteiger partial charge in [0.1, 0.15) is 23.7 Å². The van der Waals surface area contributed by atoms with Crippen LogP contribution in [0.4, 0.5) is 0 Å². The molecule has 0 radical (unpaired) electrons. The topological polar surface area (TPSA) is 59.7 Å². The lowest BCUT2D eigenvalue weighted by molar-refractivity contribution is 0.358. The number of phenols is 1. The van der Waals surface area contributed by atoms with Gasteiger partial charge >= 0.3 is 5.63 Å². The Labute approximate surface area is 104 Å². The number of fused-ring (bicyclic) bond motifs is 1. The third kappa shape index (κ3) is 2.71. The summed E-state index contributed by atoms with van der Waals surface area (Å²) >= 11 is 0. The van der Waals surface area contributed by atoms with Crippen molar-refractivity contribution in [3.63, 3.8) is 0 Å². The van der Waals surface area contributed by atoms with E-state index in [9.17, 15) is 9.90 Å². The van der Waals surface area contributed by atoms with Crippen molar-refractivity contribution in [3.05, 3.63) is 46.3 Å². The number of aromatic hydroxyl groups is 1. The van der Waals surface area contributed by atoms with Gasteiger partial charge in [0.05, 0.1) is 5.39 Å². The van der Waals surface area contributed by atoms with Crippen molar-refractivity contribution in [2.24, 2.45) is 0 Å². The SMILES string of the molecule is CC(C)=CCOc1cc(O)c2ccc(=O)oc2c1. The number of hydrogen-bond donors (Lipinski definition) is 1. The van der Waals surface area contributed by atoms with Gasteiger partial charge in [0.15, 0.2) is 0 Å². The van der Waals surface area contributed by atoms with Crippen LogP contribution in [0.2, 0.25) is 0 Å². The van der Waals surface area contributed by atoms with Crippen LogP contribution in [0, 0.1) is 0 Å². The van der Waals surface area contributed by atoms with Gasteiger partial charge in [-0.05, 0) is 26.0 Å². The number of rotatable bonds is 3. The highest BCUT2D eigenvalue weighted by molar-refractivity contribution is 5.84. The van der Waals surface area contributed by atoms with Gasteiger partial charge in [-0.2, -0.15) is 0 Å². The average Bonchev–Trinajstić information content (AvgIpc) is 2.27. The van der Waals surface area contributed by atoms with Gasteiger partial charge in [0.2, 0.25) is 0 Å². The number of allylic oxidation sites excluding steroid dienone is 1. The molecule has 0 atom stereocenters. The van der Waals surface area contributed by atoms with E-state index < -0.39 is 5.63 Å². The summed E-state index contributed by atoms with van der Waals surface area (Å²) in [5, 5.41) is 10.3. The molecule has 2 rings (SSSR count). The quantitative estimate of drug-likeness (QED) is 0.668. The van der Waals surface area contributed by atoms with Crippen molar-refractivity contribution in [2.45, 2.75) is 13.8 Å². The Hall–Kier alpha value is -2.23. The van der Waals surface area contributed by atoms with Gasteiger partial charge in [-0.15, -0.1) is 0 Å². The van der Waals surface area contributed by atoms with E-state index in [1.807, 2.05) is 19.9 Å². The first kappa shape index (κ1) is 12.2. The lowest BCUT2D eigenvalue weighted by Crippen LogP contribution is -1.97. The molecule has 0 bridgehead atoms. The fraction of sp³-hybridized carbons (Fsp3) is 0.214. The fourth-order valence-electron chi connectivity index (χ4n) is 1.52. The molecular weight excluding hydrogens is 232 g/mol. The van der Waals surface area contributed by atoms with Gasteiger partial charge in [0, 0.05) is 18.2 Å². The summed E-state index contributed by atoms with van der Waals surface area (Å²) in [7, 11) is 0. The van der Waals surface area contributed by atoms with Crippen LogP contribution in [0.25, 0.3) is 11.0 Å². The molecule has 94 valence electrons. The second-order valence-corrected chi connectivity index (χ2v) is 4.20. The highest BCUT2D eigenvalue weighted by atomic mass is 16.5. The van der Waals surface area contributed by atoms with E-state index in [-0.39, 0.29) is 5.75 Å². The molecule has 4 nitrogen and oxygen atoms in total. The van der Waals surface area contributed by atoms with E-state index in [0.29, 0.717) is 23.3 Å². The molecule has 0 aliphatic heterocycles. The average molecular weight is 246 g/mol. The van der Waals surface area contributed by atoms with E-state index >= 15 is 0 Å². The normalized spacial score (nSPS) is 10.3. The van der Waals surface area contributed by atoms with Crippen molar-refractivity contribution in [1.29, 1.82) is 0 Å². The van der Waals surface area contributed by atoms with Crippen LogP contribution in [-0.2, 0) is 0 Å². The third-order valence-electron chi connectivity index (χ3n) is 2.43. The lowest BCUT2D eigenvalue weighted by atomic mass is 10.2. The van der Waals surface area contributed by atoms with Crippen molar-refractivity contribution < 1.29 is 14.3 Å². The van der Waals surface area contributed by atoms with Crippen LogP contribution in [0.3, 0.4) is 0 Å². The summed E-state index contributed by atoms with van der Waals surface area (Å²) in [5.41, 5.74) is 1.00. The molecule has 0 spiro atoms. The second-order valence-electron chi connectivity index (χ2n) is 4.20.